The van der Waals surface area contributed by atoms with Crippen molar-refractivity contribution in [1.82, 2.24) is 4.90 Å². The summed E-state index contributed by atoms with van der Waals surface area (Å²) in [6, 6.07) is 3.48. The Morgan fingerprint density at radius 2 is 1.74 bits per heavy atom. The van der Waals surface area contributed by atoms with Gasteiger partial charge in [0.1, 0.15) is 6.04 Å². The molecule has 1 aliphatic carbocycles. The molecule has 4 fully saturated rings. The van der Waals surface area contributed by atoms with Gasteiger partial charge in [-0.3, -0.25) is 4.79 Å². The Hall–Kier alpha value is -2.05. The average Bonchev–Trinajstić information content (AvgIpc) is 2.81. The molecule has 1 atom stereocenters. The highest BCUT2D eigenvalue weighted by Gasteiger charge is 2.56. The van der Waals surface area contributed by atoms with Crippen molar-refractivity contribution in [3.8, 4) is 0 Å². The SMILES string of the molecule is O=C1[C@H]2C3CCC(CC3)N2C(=O)N1c1cccc(C(F)(F)F)c1. The van der Waals surface area contributed by atoms with Gasteiger partial charge in [-0.05, 0) is 49.8 Å². The van der Waals surface area contributed by atoms with Crippen molar-refractivity contribution in [2.75, 3.05) is 4.90 Å². The molecule has 3 heterocycles. The van der Waals surface area contributed by atoms with Crippen molar-refractivity contribution in [2.24, 2.45) is 5.92 Å². The Morgan fingerprint density at radius 1 is 1.04 bits per heavy atom. The van der Waals surface area contributed by atoms with E-state index < -0.39 is 23.8 Å². The Morgan fingerprint density at radius 3 is 2.35 bits per heavy atom. The molecule has 0 N–H and O–H groups in total. The van der Waals surface area contributed by atoms with Crippen LogP contribution in [0.15, 0.2) is 24.3 Å². The van der Waals surface area contributed by atoms with Crippen LogP contribution in [0.1, 0.15) is 31.2 Å². The van der Waals surface area contributed by atoms with Gasteiger partial charge in [0.15, 0.2) is 0 Å². The number of amides is 3. The fourth-order valence-electron chi connectivity index (χ4n) is 4.15. The van der Waals surface area contributed by atoms with Gasteiger partial charge in [-0.1, -0.05) is 6.07 Å². The third kappa shape index (κ3) is 2.05. The van der Waals surface area contributed by atoms with Crippen LogP contribution in [0.5, 0.6) is 0 Å². The van der Waals surface area contributed by atoms with Crippen LogP contribution in [-0.4, -0.2) is 28.9 Å². The van der Waals surface area contributed by atoms with E-state index in [0.717, 1.165) is 42.7 Å². The van der Waals surface area contributed by atoms with Crippen molar-refractivity contribution in [3.63, 3.8) is 0 Å². The van der Waals surface area contributed by atoms with Crippen molar-refractivity contribution in [3.05, 3.63) is 29.8 Å². The largest absolute Gasteiger partial charge is 0.416 e. The van der Waals surface area contributed by atoms with Gasteiger partial charge in [-0.15, -0.1) is 0 Å². The molecule has 4 aliphatic rings. The number of fused-ring (bicyclic) bond motifs is 2. The lowest BCUT2D eigenvalue weighted by atomic mass is 9.75. The van der Waals surface area contributed by atoms with Crippen LogP contribution in [-0.2, 0) is 11.0 Å². The Labute approximate surface area is 130 Å². The van der Waals surface area contributed by atoms with Crippen LogP contribution in [0.3, 0.4) is 0 Å². The molecule has 0 aromatic heterocycles. The molecule has 3 saturated heterocycles. The molecule has 3 aliphatic heterocycles. The van der Waals surface area contributed by atoms with Gasteiger partial charge in [-0.2, -0.15) is 13.2 Å². The lowest BCUT2D eigenvalue weighted by Crippen LogP contribution is -2.54. The molecule has 0 unspecified atom stereocenters. The number of benzene rings is 1. The van der Waals surface area contributed by atoms with Crippen LogP contribution < -0.4 is 4.90 Å². The molecule has 5 rings (SSSR count). The first kappa shape index (κ1) is 14.5. The second kappa shape index (κ2) is 4.72. The Kier molecular flexibility index (Phi) is 2.98. The third-order valence-corrected chi connectivity index (χ3v) is 5.20. The van der Waals surface area contributed by atoms with Gasteiger partial charge >= 0.3 is 12.2 Å². The van der Waals surface area contributed by atoms with Crippen LogP contribution in [0.4, 0.5) is 23.7 Å². The number of alkyl halides is 3. The van der Waals surface area contributed by atoms with Gasteiger partial charge < -0.3 is 4.90 Å². The summed E-state index contributed by atoms with van der Waals surface area (Å²) in [5.74, 6) is -0.254. The fourth-order valence-corrected chi connectivity index (χ4v) is 4.15. The van der Waals surface area contributed by atoms with Crippen LogP contribution in [0, 0.1) is 5.92 Å². The van der Waals surface area contributed by atoms with E-state index in [0.29, 0.717) is 0 Å². The number of rotatable bonds is 1. The number of nitrogens with zero attached hydrogens (tertiary/aromatic N) is 2. The lowest BCUT2D eigenvalue weighted by Gasteiger charge is -2.45. The number of imide groups is 1. The van der Waals surface area contributed by atoms with Crippen molar-refractivity contribution in [1.29, 1.82) is 0 Å². The van der Waals surface area contributed by atoms with Gasteiger partial charge in [0.2, 0.25) is 0 Å². The number of piperidine rings is 2. The smallest absolute Gasteiger partial charge is 0.309 e. The highest BCUT2D eigenvalue weighted by atomic mass is 19.4. The standard InChI is InChI=1S/C16H15F3N2O2/c17-16(18,19)10-2-1-3-12(8-10)21-14(22)13-9-4-6-11(7-5-9)20(13)15(21)23/h1-3,8-9,11,13H,4-7H2/t9?,11?,13-/m1/s1. The molecule has 1 aromatic carbocycles. The van der Waals surface area contributed by atoms with Gasteiger partial charge in [0.05, 0.1) is 11.3 Å². The molecular formula is C16H15F3N2O2. The number of hydrogen-bond donors (Lipinski definition) is 0. The third-order valence-electron chi connectivity index (χ3n) is 5.20. The number of carbonyl (C=O) groups excluding carboxylic acids is 2. The molecule has 1 aromatic rings. The van der Waals surface area contributed by atoms with E-state index in [-0.39, 0.29) is 23.6 Å². The topological polar surface area (TPSA) is 40.6 Å². The van der Waals surface area contributed by atoms with Crippen LogP contribution in [0.25, 0.3) is 0 Å². The first-order valence-electron chi connectivity index (χ1n) is 7.71. The van der Waals surface area contributed by atoms with Crippen LogP contribution in [0.2, 0.25) is 0 Å². The summed E-state index contributed by atoms with van der Waals surface area (Å²) < 4.78 is 38.6. The van der Waals surface area contributed by atoms with Crippen molar-refractivity contribution in [2.45, 2.75) is 43.9 Å². The van der Waals surface area contributed by atoms with Gasteiger partial charge in [-0.25, -0.2) is 9.69 Å². The van der Waals surface area contributed by atoms with Crippen molar-refractivity contribution >= 4 is 17.6 Å². The summed E-state index contributed by atoms with van der Waals surface area (Å²) >= 11 is 0. The van der Waals surface area contributed by atoms with E-state index in [1.807, 2.05) is 0 Å². The minimum Gasteiger partial charge on any atom is -0.309 e. The summed E-state index contributed by atoms with van der Waals surface area (Å²) in [5.41, 5.74) is -0.855. The second-order valence-corrected chi connectivity index (χ2v) is 6.43. The van der Waals surface area contributed by atoms with Gasteiger partial charge in [0, 0.05) is 6.04 Å². The predicted octanol–water partition coefficient (Wildman–Crippen LogP) is 3.42. The molecular weight excluding hydrogens is 309 g/mol. The summed E-state index contributed by atoms with van der Waals surface area (Å²) in [5, 5.41) is 0. The van der Waals surface area contributed by atoms with E-state index >= 15 is 0 Å². The maximum atomic E-state index is 12.9. The molecule has 7 heteroatoms. The maximum Gasteiger partial charge on any atom is 0.416 e. The molecule has 23 heavy (non-hydrogen) atoms. The number of halogens is 3. The van der Waals surface area contributed by atoms with Gasteiger partial charge in [0.25, 0.3) is 5.91 Å². The maximum absolute atomic E-state index is 12.9. The van der Waals surface area contributed by atoms with E-state index in [4.69, 9.17) is 0 Å². The molecule has 122 valence electrons. The van der Waals surface area contributed by atoms with Crippen LogP contribution >= 0.6 is 0 Å². The number of hydrogen-bond acceptors (Lipinski definition) is 2. The normalized spacial score (nSPS) is 30.1. The molecule has 1 saturated carbocycles. The summed E-state index contributed by atoms with van der Waals surface area (Å²) in [6.07, 6.45) is -0.955. The average molecular weight is 324 g/mol. The lowest BCUT2D eigenvalue weighted by molar-refractivity contribution is -0.137. The molecule has 0 spiro atoms. The minimum atomic E-state index is -4.51. The zero-order chi connectivity index (χ0) is 16.4. The number of carbonyl (C=O) groups is 2. The monoisotopic (exact) mass is 324 g/mol. The number of urea groups is 1. The minimum absolute atomic E-state index is 0.00336. The molecule has 4 nitrogen and oxygen atoms in total. The Balaban J connectivity index is 1.73. The second-order valence-electron chi connectivity index (χ2n) is 6.43. The quantitative estimate of drug-likeness (QED) is 0.743. The zero-order valence-electron chi connectivity index (χ0n) is 12.2. The Bertz CT molecular complexity index is 650. The first-order chi connectivity index (χ1) is 10.9. The fraction of sp³-hybridized carbons (Fsp3) is 0.500. The van der Waals surface area contributed by atoms with E-state index in [1.54, 1.807) is 4.90 Å². The first-order valence-corrected chi connectivity index (χ1v) is 7.71. The van der Waals surface area contributed by atoms with Crippen molar-refractivity contribution < 1.29 is 22.8 Å². The number of anilines is 1. The zero-order valence-corrected chi connectivity index (χ0v) is 12.2. The molecule has 2 bridgehead atoms. The highest BCUT2D eigenvalue weighted by molar-refractivity contribution is 6.21. The summed E-state index contributed by atoms with van der Waals surface area (Å²) in [7, 11) is 0. The predicted molar refractivity (Wildman–Crippen MR) is 75.7 cm³/mol. The van der Waals surface area contributed by atoms with E-state index in [2.05, 4.69) is 0 Å². The van der Waals surface area contributed by atoms with E-state index in [1.165, 1.54) is 12.1 Å². The van der Waals surface area contributed by atoms with E-state index in [9.17, 15) is 22.8 Å². The summed E-state index contributed by atoms with van der Waals surface area (Å²) in [6.45, 7) is 0. The molecule has 3 amide bonds. The molecule has 0 radical (unpaired) electrons. The summed E-state index contributed by atoms with van der Waals surface area (Å²) in [4.78, 5) is 27.9. The highest BCUT2D eigenvalue weighted by Crippen LogP contribution is 2.45.